The molecular weight excluding hydrogens is 426 g/mol. The molecule has 3 aromatic heterocycles. The largest absolute Gasteiger partial charge is 0.503 e. The van der Waals surface area contributed by atoms with Gasteiger partial charge in [0.2, 0.25) is 10.9 Å². The zero-order valence-corrected chi connectivity index (χ0v) is 15.6. The summed E-state index contributed by atoms with van der Waals surface area (Å²) in [5, 5.41) is 18.3. The van der Waals surface area contributed by atoms with Crippen LogP contribution in [0.1, 0.15) is 28.1 Å². The molecule has 3 aromatic rings. The molecular formula is C16H10BrN3O5S. The summed E-state index contributed by atoms with van der Waals surface area (Å²) in [4.78, 5) is 26.8. The van der Waals surface area contributed by atoms with Gasteiger partial charge in [-0.05, 0) is 47.1 Å². The van der Waals surface area contributed by atoms with Crippen LogP contribution in [0.25, 0.3) is 0 Å². The molecule has 26 heavy (non-hydrogen) atoms. The van der Waals surface area contributed by atoms with Gasteiger partial charge >= 0.3 is 0 Å². The van der Waals surface area contributed by atoms with Crippen LogP contribution in [0.2, 0.25) is 0 Å². The molecule has 1 N–H and O–H groups in total. The van der Waals surface area contributed by atoms with Crippen molar-refractivity contribution in [3.8, 4) is 0 Å². The van der Waals surface area contributed by atoms with Crippen molar-refractivity contribution in [1.82, 2.24) is 10.2 Å². The van der Waals surface area contributed by atoms with E-state index in [1.165, 1.54) is 16.5 Å². The van der Waals surface area contributed by atoms with E-state index in [9.17, 15) is 14.7 Å². The normalized spacial score (nSPS) is 17.4. The quantitative estimate of drug-likeness (QED) is 0.623. The van der Waals surface area contributed by atoms with Gasteiger partial charge in [-0.25, -0.2) is 0 Å². The summed E-state index contributed by atoms with van der Waals surface area (Å²) in [6.07, 6.45) is 0. The van der Waals surface area contributed by atoms with Crippen molar-refractivity contribution in [2.75, 3.05) is 4.90 Å². The highest BCUT2D eigenvalue weighted by atomic mass is 79.9. The Bertz CT molecular complexity index is 1040. The Morgan fingerprint density at radius 1 is 1.31 bits per heavy atom. The van der Waals surface area contributed by atoms with Gasteiger partial charge in [0.25, 0.3) is 5.91 Å². The van der Waals surface area contributed by atoms with E-state index in [0.29, 0.717) is 10.4 Å². The Kier molecular flexibility index (Phi) is 4.00. The molecule has 0 saturated heterocycles. The first-order valence-corrected chi connectivity index (χ1v) is 9.04. The second-order valence-corrected chi connectivity index (χ2v) is 7.04. The summed E-state index contributed by atoms with van der Waals surface area (Å²) >= 11 is 4.31. The number of ketones is 1. The fourth-order valence-corrected chi connectivity index (χ4v) is 3.64. The lowest BCUT2D eigenvalue weighted by molar-refractivity contribution is -0.117. The number of halogens is 1. The maximum absolute atomic E-state index is 12.9. The molecule has 1 aliphatic heterocycles. The first-order chi connectivity index (χ1) is 12.5. The van der Waals surface area contributed by atoms with Crippen LogP contribution in [0, 0.1) is 6.92 Å². The molecule has 132 valence electrons. The van der Waals surface area contributed by atoms with E-state index in [-0.39, 0.29) is 22.2 Å². The number of nitrogens with zero attached hydrogens (tertiary/aromatic N) is 3. The van der Waals surface area contributed by atoms with Crippen LogP contribution in [0.15, 0.2) is 54.6 Å². The van der Waals surface area contributed by atoms with Crippen molar-refractivity contribution in [1.29, 1.82) is 0 Å². The lowest BCUT2D eigenvalue weighted by Crippen LogP contribution is -2.30. The van der Waals surface area contributed by atoms with Gasteiger partial charge in [-0.1, -0.05) is 11.3 Å². The summed E-state index contributed by atoms with van der Waals surface area (Å²) in [5.74, 6) is -1.19. The zero-order chi connectivity index (χ0) is 18.4. The van der Waals surface area contributed by atoms with Gasteiger partial charge < -0.3 is 13.9 Å². The smallest absolute Gasteiger partial charge is 0.296 e. The molecule has 0 saturated carbocycles. The number of aliphatic hydroxyl groups excluding tert-OH is 1. The van der Waals surface area contributed by atoms with Gasteiger partial charge in [0, 0.05) is 0 Å². The Balaban J connectivity index is 1.86. The number of aliphatic hydroxyl groups is 1. The van der Waals surface area contributed by atoms with Gasteiger partial charge in [0.15, 0.2) is 16.2 Å². The molecule has 0 fully saturated rings. The first-order valence-electron chi connectivity index (χ1n) is 7.36. The molecule has 4 heterocycles. The van der Waals surface area contributed by atoms with E-state index < -0.39 is 23.5 Å². The third kappa shape index (κ3) is 2.58. The highest BCUT2D eigenvalue weighted by Crippen LogP contribution is 2.43. The molecule has 8 nitrogen and oxygen atoms in total. The van der Waals surface area contributed by atoms with Crippen LogP contribution >= 0.6 is 27.3 Å². The molecule has 1 aliphatic rings. The summed E-state index contributed by atoms with van der Waals surface area (Å²) in [5.41, 5.74) is 1.31. The minimum absolute atomic E-state index is 0.0200. The second kappa shape index (κ2) is 6.22. The monoisotopic (exact) mass is 435 g/mol. The summed E-state index contributed by atoms with van der Waals surface area (Å²) < 4.78 is 11.4. The molecule has 0 aliphatic carbocycles. The van der Waals surface area contributed by atoms with E-state index in [0.717, 1.165) is 11.3 Å². The number of carbonyl (C=O) groups is 2. The maximum Gasteiger partial charge on any atom is 0.296 e. The highest BCUT2D eigenvalue weighted by Gasteiger charge is 2.48. The van der Waals surface area contributed by atoms with E-state index in [2.05, 4.69) is 26.1 Å². The first kappa shape index (κ1) is 16.7. The van der Waals surface area contributed by atoms with Crippen molar-refractivity contribution in [2.24, 2.45) is 0 Å². The lowest BCUT2D eigenvalue weighted by atomic mass is 10.00. The van der Waals surface area contributed by atoms with Gasteiger partial charge in [-0.2, -0.15) is 0 Å². The predicted octanol–water partition coefficient (Wildman–Crippen LogP) is 3.58. The number of rotatable bonds is 4. The minimum atomic E-state index is -0.986. The average Bonchev–Trinajstić information content (AvgIpc) is 3.37. The number of amides is 1. The lowest BCUT2D eigenvalue weighted by Gasteiger charge is -2.21. The molecule has 10 heteroatoms. The fourth-order valence-electron chi connectivity index (χ4n) is 2.74. The second-order valence-electron chi connectivity index (χ2n) is 5.44. The topological polar surface area (TPSA) is 110 Å². The summed E-state index contributed by atoms with van der Waals surface area (Å²) in [6.45, 7) is 1.69. The molecule has 4 rings (SSSR count). The van der Waals surface area contributed by atoms with Gasteiger partial charge in [0.05, 0.1) is 5.57 Å². The van der Waals surface area contributed by atoms with Crippen LogP contribution in [0.5, 0.6) is 0 Å². The van der Waals surface area contributed by atoms with Crippen LogP contribution in [0.4, 0.5) is 5.13 Å². The van der Waals surface area contributed by atoms with Crippen molar-refractivity contribution in [3.63, 3.8) is 0 Å². The number of hydrogen-bond acceptors (Lipinski definition) is 8. The average molecular weight is 436 g/mol. The SMILES string of the molecule is Cc1ccc(C(=O)C2=C(O)C(=O)N(c3nncs3)C2c2ccc(Br)o2)o1. The number of hydrogen-bond donors (Lipinski definition) is 1. The van der Waals surface area contributed by atoms with Gasteiger partial charge in [0.1, 0.15) is 23.1 Å². The van der Waals surface area contributed by atoms with E-state index in [4.69, 9.17) is 8.83 Å². The Morgan fingerprint density at radius 3 is 2.69 bits per heavy atom. The van der Waals surface area contributed by atoms with Crippen molar-refractivity contribution >= 4 is 44.1 Å². The number of Topliss-reactive ketones (excluding diaryl/α,β-unsaturated/α-hetero) is 1. The third-order valence-corrected chi connectivity index (χ3v) is 4.95. The number of carbonyl (C=O) groups excluding carboxylic acids is 2. The zero-order valence-electron chi connectivity index (χ0n) is 13.2. The van der Waals surface area contributed by atoms with E-state index in [1.54, 1.807) is 25.1 Å². The molecule has 1 atom stereocenters. The van der Waals surface area contributed by atoms with E-state index >= 15 is 0 Å². The Hall–Kier alpha value is -2.72. The number of anilines is 1. The van der Waals surface area contributed by atoms with E-state index in [1.807, 2.05) is 0 Å². The third-order valence-electron chi connectivity index (χ3n) is 3.84. The summed E-state index contributed by atoms with van der Waals surface area (Å²) in [6, 6.07) is 5.37. The minimum Gasteiger partial charge on any atom is -0.503 e. The van der Waals surface area contributed by atoms with Crippen LogP contribution in [0.3, 0.4) is 0 Å². The molecule has 0 spiro atoms. The molecule has 0 bridgehead atoms. The number of aryl methyl sites for hydroxylation is 1. The summed E-state index contributed by atoms with van der Waals surface area (Å²) in [7, 11) is 0. The molecule has 0 aromatic carbocycles. The molecule has 0 radical (unpaired) electrons. The van der Waals surface area contributed by atoms with Crippen molar-refractivity contribution in [3.05, 3.63) is 63.1 Å². The van der Waals surface area contributed by atoms with Crippen LogP contribution < -0.4 is 4.90 Å². The standard InChI is InChI=1S/C16H10BrN3O5S/c1-7-2-3-9(24-7)13(21)11-12(8-4-5-10(17)25-8)20(15(23)14(11)22)16-19-18-6-26-16/h2-6,12,22H,1H3. The van der Waals surface area contributed by atoms with Gasteiger partial charge in [-0.3, -0.25) is 14.5 Å². The fraction of sp³-hybridized carbons (Fsp3) is 0.125. The maximum atomic E-state index is 12.9. The van der Waals surface area contributed by atoms with Gasteiger partial charge in [-0.15, -0.1) is 10.2 Å². The highest BCUT2D eigenvalue weighted by molar-refractivity contribution is 9.10. The number of furan rings is 2. The molecule has 1 amide bonds. The predicted molar refractivity (Wildman–Crippen MR) is 94.0 cm³/mol. The van der Waals surface area contributed by atoms with Crippen LogP contribution in [-0.4, -0.2) is 27.0 Å². The molecule has 1 unspecified atom stereocenters. The Morgan fingerprint density at radius 2 is 2.12 bits per heavy atom. The van der Waals surface area contributed by atoms with Crippen molar-refractivity contribution in [2.45, 2.75) is 13.0 Å². The van der Waals surface area contributed by atoms with Crippen LogP contribution in [-0.2, 0) is 4.79 Å². The number of aromatic nitrogens is 2. The van der Waals surface area contributed by atoms with Crippen molar-refractivity contribution < 1.29 is 23.5 Å². The Labute approximate surface area is 158 Å².